The maximum Gasteiger partial charge on any atom is 0.225 e. The summed E-state index contributed by atoms with van der Waals surface area (Å²) in [4.78, 5) is 23.4. The number of anilines is 1. The van der Waals surface area contributed by atoms with E-state index in [-0.39, 0.29) is 11.7 Å². The third-order valence-electron chi connectivity index (χ3n) is 4.03. The van der Waals surface area contributed by atoms with E-state index in [0.717, 1.165) is 16.4 Å². The number of nitrogens with zero attached hydrogens (tertiary/aromatic N) is 3. The lowest BCUT2D eigenvalue weighted by atomic mass is 10.1. The zero-order chi connectivity index (χ0) is 19.2. The van der Waals surface area contributed by atoms with Crippen molar-refractivity contribution in [2.45, 2.75) is 25.4 Å². The number of carbonyl (C=O) groups excluding carboxylic acids is 2. The van der Waals surface area contributed by atoms with Crippen molar-refractivity contribution in [1.29, 1.82) is 0 Å². The third-order valence-corrected chi connectivity index (χ3v) is 4.97. The molecular formula is C20H20N4O2S. The SMILES string of the molecule is CC(=O)c1ccc(NC(=O)CCSc2nncn2-c2ccccc2C)cc1. The molecule has 0 fully saturated rings. The Balaban J connectivity index is 1.55. The van der Waals surface area contributed by atoms with E-state index in [0.29, 0.717) is 23.4 Å². The zero-order valence-corrected chi connectivity index (χ0v) is 16.0. The molecular weight excluding hydrogens is 360 g/mol. The summed E-state index contributed by atoms with van der Waals surface area (Å²) in [6.07, 6.45) is 2.03. The molecule has 0 saturated carbocycles. The highest BCUT2D eigenvalue weighted by atomic mass is 32.2. The monoisotopic (exact) mass is 380 g/mol. The van der Waals surface area contributed by atoms with Crippen LogP contribution in [0.15, 0.2) is 60.0 Å². The van der Waals surface area contributed by atoms with Gasteiger partial charge in [-0.25, -0.2) is 0 Å². The quantitative estimate of drug-likeness (QED) is 0.497. The lowest BCUT2D eigenvalue weighted by molar-refractivity contribution is -0.115. The molecule has 1 amide bonds. The van der Waals surface area contributed by atoms with Gasteiger partial charge in [0, 0.05) is 23.4 Å². The summed E-state index contributed by atoms with van der Waals surface area (Å²) in [7, 11) is 0. The van der Waals surface area contributed by atoms with Gasteiger partial charge in [0.15, 0.2) is 10.9 Å². The molecule has 3 aromatic rings. The van der Waals surface area contributed by atoms with E-state index in [2.05, 4.69) is 15.5 Å². The lowest BCUT2D eigenvalue weighted by Crippen LogP contribution is -2.12. The Morgan fingerprint density at radius 3 is 2.56 bits per heavy atom. The number of hydrogen-bond acceptors (Lipinski definition) is 5. The highest BCUT2D eigenvalue weighted by molar-refractivity contribution is 7.99. The first-order valence-electron chi connectivity index (χ1n) is 8.54. The summed E-state index contributed by atoms with van der Waals surface area (Å²) in [6.45, 7) is 3.55. The molecule has 0 bridgehead atoms. The molecule has 0 radical (unpaired) electrons. The average Bonchev–Trinajstić information content (AvgIpc) is 3.11. The molecule has 0 spiro atoms. The molecule has 0 saturated heterocycles. The van der Waals surface area contributed by atoms with Gasteiger partial charge in [-0.15, -0.1) is 10.2 Å². The first-order valence-corrected chi connectivity index (χ1v) is 9.53. The maximum absolute atomic E-state index is 12.1. The molecule has 0 aliphatic carbocycles. The van der Waals surface area contributed by atoms with Crippen LogP contribution in [0.1, 0.15) is 29.3 Å². The Labute approximate surface area is 162 Å². The first kappa shape index (κ1) is 18.8. The van der Waals surface area contributed by atoms with Gasteiger partial charge in [0.2, 0.25) is 5.91 Å². The molecule has 0 aliphatic heterocycles. The topological polar surface area (TPSA) is 76.9 Å². The molecule has 1 heterocycles. The highest BCUT2D eigenvalue weighted by Crippen LogP contribution is 2.22. The van der Waals surface area contributed by atoms with Crippen LogP contribution in [0, 0.1) is 6.92 Å². The van der Waals surface area contributed by atoms with Crippen LogP contribution in [-0.4, -0.2) is 32.2 Å². The second kappa shape index (κ2) is 8.64. The molecule has 1 N–H and O–H groups in total. The van der Waals surface area contributed by atoms with Crippen LogP contribution in [0.2, 0.25) is 0 Å². The smallest absolute Gasteiger partial charge is 0.225 e. The van der Waals surface area contributed by atoms with Crippen LogP contribution in [0.3, 0.4) is 0 Å². The summed E-state index contributed by atoms with van der Waals surface area (Å²) in [6, 6.07) is 14.9. The number of benzene rings is 2. The van der Waals surface area contributed by atoms with Gasteiger partial charge in [-0.1, -0.05) is 30.0 Å². The van der Waals surface area contributed by atoms with Crippen molar-refractivity contribution >= 4 is 29.1 Å². The molecule has 0 unspecified atom stereocenters. The van der Waals surface area contributed by atoms with Crippen LogP contribution in [0.25, 0.3) is 5.69 Å². The zero-order valence-electron chi connectivity index (χ0n) is 15.2. The van der Waals surface area contributed by atoms with Gasteiger partial charge in [-0.2, -0.15) is 0 Å². The standard InChI is InChI=1S/C20H20N4O2S/c1-14-5-3-4-6-18(14)24-13-21-23-20(24)27-12-11-19(26)22-17-9-7-16(8-10-17)15(2)25/h3-10,13H,11-12H2,1-2H3,(H,22,26). The van der Waals surface area contributed by atoms with E-state index >= 15 is 0 Å². The number of aryl methyl sites for hydroxylation is 1. The highest BCUT2D eigenvalue weighted by Gasteiger charge is 2.10. The maximum atomic E-state index is 12.1. The Bertz CT molecular complexity index is 951. The Morgan fingerprint density at radius 1 is 1.11 bits per heavy atom. The number of thioether (sulfide) groups is 1. The van der Waals surface area contributed by atoms with Crippen molar-refractivity contribution in [3.63, 3.8) is 0 Å². The molecule has 2 aromatic carbocycles. The first-order chi connectivity index (χ1) is 13.0. The number of Topliss-reactive ketones (excluding diaryl/α,β-unsaturated/α-hetero) is 1. The Hall–Kier alpha value is -2.93. The number of ketones is 1. The average molecular weight is 380 g/mol. The van der Waals surface area contributed by atoms with Crippen molar-refractivity contribution in [3.05, 3.63) is 66.0 Å². The molecule has 7 heteroatoms. The minimum Gasteiger partial charge on any atom is -0.326 e. The number of hydrogen-bond donors (Lipinski definition) is 1. The number of nitrogens with one attached hydrogen (secondary N) is 1. The number of amides is 1. The molecule has 0 atom stereocenters. The van der Waals surface area contributed by atoms with Crippen molar-refractivity contribution in [2.24, 2.45) is 0 Å². The van der Waals surface area contributed by atoms with Crippen LogP contribution >= 0.6 is 11.8 Å². The van der Waals surface area contributed by atoms with E-state index in [1.807, 2.05) is 35.8 Å². The minimum absolute atomic E-state index is 0.00189. The normalized spacial score (nSPS) is 10.6. The number of para-hydroxylation sites is 1. The predicted octanol–water partition coefficient (Wildman–Crippen LogP) is 3.90. The van der Waals surface area contributed by atoms with Gasteiger partial charge in [0.1, 0.15) is 6.33 Å². The van der Waals surface area contributed by atoms with Crippen LogP contribution < -0.4 is 5.32 Å². The van der Waals surface area contributed by atoms with Gasteiger partial charge in [0.05, 0.1) is 5.69 Å². The third kappa shape index (κ3) is 4.83. The van der Waals surface area contributed by atoms with Crippen molar-refractivity contribution in [2.75, 3.05) is 11.1 Å². The van der Waals surface area contributed by atoms with Crippen molar-refractivity contribution < 1.29 is 9.59 Å². The molecule has 3 rings (SSSR count). The van der Waals surface area contributed by atoms with Crippen LogP contribution in [0.5, 0.6) is 0 Å². The van der Waals surface area contributed by atoms with Crippen molar-refractivity contribution in [3.8, 4) is 5.69 Å². The fourth-order valence-corrected chi connectivity index (χ4v) is 3.43. The molecule has 138 valence electrons. The Morgan fingerprint density at radius 2 is 1.85 bits per heavy atom. The minimum atomic E-state index is -0.0833. The van der Waals surface area contributed by atoms with E-state index in [9.17, 15) is 9.59 Å². The van der Waals surface area contributed by atoms with Gasteiger partial charge in [0.25, 0.3) is 0 Å². The fourth-order valence-electron chi connectivity index (χ4n) is 2.57. The number of aromatic nitrogens is 3. The summed E-state index contributed by atoms with van der Waals surface area (Å²) in [5, 5.41) is 11.7. The summed E-state index contributed by atoms with van der Waals surface area (Å²) >= 11 is 1.49. The van der Waals surface area contributed by atoms with E-state index < -0.39 is 0 Å². The van der Waals surface area contributed by atoms with Gasteiger partial charge >= 0.3 is 0 Å². The number of carbonyl (C=O) groups is 2. The van der Waals surface area contributed by atoms with E-state index in [1.54, 1.807) is 30.6 Å². The second-order valence-corrected chi connectivity index (χ2v) is 7.11. The molecule has 6 nitrogen and oxygen atoms in total. The lowest BCUT2D eigenvalue weighted by Gasteiger charge is -2.09. The van der Waals surface area contributed by atoms with E-state index in [1.165, 1.54) is 18.7 Å². The fraction of sp³-hybridized carbons (Fsp3) is 0.200. The summed E-state index contributed by atoms with van der Waals surface area (Å²) in [5.41, 5.74) is 3.46. The molecule has 27 heavy (non-hydrogen) atoms. The number of rotatable bonds is 7. The second-order valence-electron chi connectivity index (χ2n) is 6.05. The Kier molecular flexibility index (Phi) is 6.03. The summed E-state index contributed by atoms with van der Waals surface area (Å²) in [5.74, 6) is 0.504. The largest absolute Gasteiger partial charge is 0.326 e. The van der Waals surface area contributed by atoms with Gasteiger partial charge in [-0.3, -0.25) is 14.2 Å². The molecule has 1 aromatic heterocycles. The van der Waals surface area contributed by atoms with Gasteiger partial charge in [-0.05, 0) is 49.7 Å². The molecule has 0 aliphatic rings. The predicted molar refractivity (Wildman–Crippen MR) is 107 cm³/mol. The van der Waals surface area contributed by atoms with E-state index in [4.69, 9.17) is 0 Å². The van der Waals surface area contributed by atoms with Crippen LogP contribution in [0.4, 0.5) is 5.69 Å². The van der Waals surface area contributed by atoms with Crippen LogP contribution in [-0.2, 0) is 4.79 Å². The van der Waals surface area contributed by atoms with Crippen molar-refractivity contribution in [1.82, 2.24) is 14.8 Å². The summed E-state index contributed by atoms with van der Waals surface area (Å²) < 4.78 is 1.93. The van der Waals surface area contributed by atoms with Gasteiger partial charge < -0.3 is 5.32 Å².